The molecule has 0 aliphatic rings. The second kappa shape index (κ2) is 8.13. The molecule has 1 N–H and O–H groups in total. The van der Waals surface area contributed by atoms with Crippen molar-refractivity contribution in [1.29, 1.82) is 0 Å². The van der Waals surface area contributed by atoms with Gasteiger partial charge < -0.3 is 10.2 Å². The smallest absolute Gasteiger partial charge is 0.244 e. The van der Waals surface area contributed by atoms with Crippen LogP contribution in [0.4, 0.5) is 10.1 Å². The largest absolute Gasteiger partial charge is 0.329 e. The Morgan fingerprint density at radius 2 is 1.75 bits per heavy atom. The zero-order valence-electron chi connectivity index (χ0n) is 12.9. The molecule has 0 unspecified atom stereocenters. The van der Waals surface area contributed by atoms with Crippen LogP contribution in [0, 0.1) is 5.82 Å². The minimum atomic E-state index is -0.431. The van der Waals surface area contributed by atoms with Gasteiger partial charge in [0, 0.05) is 34.8 Å². The predicted octanol–water partition coefficient (Wildman–Crippen LogP) is 4.12. The Labute approximate surface area is 149 Å². The number of hydrogen-bond donors (Lipinski definition) is 1. The Bertz CT molecular complexity index is 748. The van der Waals surface area contributed by atoms with Crippen molar-refractivity contribution in [2.45, 2.75) is 13.5 Å². The van der Waals surface area contributed by atoms with Gasteiger partial charge in [-0.25, -0.2) is 4.39 Å². The third kappa shape index (κ3) is 5.22. The summed E-state index contributed by atoms with van der Waals surface area (Å²) in [5.41, 5.74) is 0.762. The second-order valence-corrected chi connectivity index (χ2v) is 6.05. The van der Waals surface area contributed by atoms with Gasteiger partial charge in [0.2, 0.25) is 11.8 Å². The van der Waals surface area contributed by atoms with Crippen molar-refractivity contribution in [3.05, 3.63) is 63.9 Å². The van der Waals surface area contributed by atoms with Gasteiger partial charge >= 0.3 is 0 Å². The summed E-state index contributed by atoms with van der Waals surface area (Å²) in [4.78, 5) is 25.1. The molecule has 0 aliphatic carbocycles. The quantitative estimate of drug-likeness (QED) is 0.862. The van der Waals surface area contributed by atoms with Gasteiger partial charge in [0.1, 0.15) is 12.4 Å². The molecule has 0 atom stereocenters. The zero-order valence-corrected chi connectivity index (χ0v) is 14.4. The minimum Gasteiger partial charge on any atom is -0.329 e. The zero-order chi connectivity index (χ0) is 17.7. The van der Waals surface area contributed by atoms with Crippen LogP contribution in [0.1, 0.15) is 12.5 Å². The average Bonchev–Trinajstić information content (AvgIpc) is 2.47. The predicted molar refractivity (Wildman–Crippen MR) is 92.6 cm³/mol. The lowest BCUT2D eigenvalue weighted by Crippen LogP contribution is -2.36. The lowest BCUT2D eigenvalue weighted by Gasteiger charge is -2.21. The highest BCUT2D eigenvalue weighted by Gasteiger charge is 2.16. The molecule has 2 aromatic rings. The summed E-state index contributed by atoms with van der Waals surface area (Å²) in [6.45, 7) is 1.11. The van der Waals surface area contributed by atoms with E-state index in [1.807, 2.05) is 0 Å². The van der Waals surface area contributed by atoms with Crippen LogP contribution in [0.2, 0.25) is 10.0 Å². The standard InChI is InChI=1S/C17H15Cl2FN2O2/c1-11(23)22(9-12-4-2-3-5-16(12)20)10-17(24)21-15-7-13(18)6-14(19)8-15/h2-8H,9-10H2,1H3,(H,21,24). The molecule has 2 rings (SSSR count). The van der Waals surface area contributed by atoms with Crippen LogP contribution < -0.4 is 5.32 Å². The Kier molecular flexibility index (Phi) is 6.17. The number of nitrogens with zero attached hydrogens (tertiary/aromatic N) is 1. The molecular weight excluding hydrogens is 354 g/mol. The lowest BCUT2D eigenvalue weighted by molar-refractivity contribution is -0.133. The van der Waals surface area contributed by atoms with Crippen molar-refractivity contribution >= 4 is 40.7 Å². The van der Waals surface area contributed by atoms with Gasteiger partial charge in [0.15, 0.2) is 0 Å². The van der Waals surface area contributed by atoms with E-state index in [1.54, 1.807) is 36.4 Å². The number of nitrogens with one attached hydrogen (secondary N) is 1. The van der Waals surface area contributed by atoms with Crippen molar-refractivity contribution in [3.8, 4) is 0 Å². The van der Waals surface area contributed by atoms with Crippen LogP contribution >= 0.6 is 23.2 Å². The maximum absolute atomic E-state index is 13.7. The van der Waals surface area contributed by atoms with Gasteiger partial charge in [-0.2, -0.15) is 0 Å². The lowest BCUT2D eigenvalue weighted by atomic mass is 10.2. The van der Waals surface area contributed by atoms with E-state index in [4.69, 9.17) is 23.2 Å². The molecule has 0 aliphatic heterocycles. The highest BCUT2D eigenvalue weighted by molar-refractivity contribution is 6.35. The third-order valence-electron chi connectivity index (χ3n) is 3.25. The first kappa shape index (κ1) is 18.2. The summed E-state index contributed by atoms with van der Waals surface area (Å²) in [7, 11) is 0. The molecule has 4 nitrogen and oxygen atoms in total. The number of halogens is 3. The molecule has 0 radical (unpaired) electrons. The van der Waals surface area contributed by atoms with E-state index in [0.29, 0.717) is 21.3 Å². The van der Waals surface area contributed by atoms with E-state index in [9.17, 15) is 14.0 Å². The van der Waals surface area contributed by atoms with Gasteiger partial charge in [-0.3, -0.25) is 9.59 Å². The minimum absolute atomic E-state index is 0.00568. The van der Waals surface area contributed by atoms with Gasteiger partial charge in [-0.05, 0) is 24.3 Å². The Morgan fingerprint density at radius 3 is 2.33 bits per heavy atom. The van der Waals surface area contributed by atoms with Crippen LogP contribution in [0.3, 0.4) is 0 Å². The monoisotopic (exact) mass is 368 g/mol. The van der Waals surface area contributed by atoms with Crippen LogP contribution in [-0.2, 0) is 16.1 Å². The van der Waals surface area contributed by atoms with Crippen molar-refractivity contribution in [3.63, 3.8) is 0 Å². The normalized spacial score (nSPS) is 10.3. The number of carbonyl (C=O) groups excluding carboxylic acids is 2. The average molecular weight is 369 g/mol. The molecule has 7 heteroatoms. The van der Waals surface area contributed by atoms with E-state index in [1.165, 1.54) is 17.9 Å². The third-order valence-corrected chi connectivity index (χ3v) is 3.68. The van der Waals surface area contributed by atoms with E-state index < -0.39 is 11.7 Å². The van der Waals surface area contributed by atoms with Crippen LogP contribution in [0.5, 0.6) is 0 Å². The van der Waals surface area contributed by atoms with E-state index >= 15 is 0 Å². The summed E-state index contributed by atoms with van der Waals surface area (Å²) in [5.74, 6) is -1.19. The first-order chi connectivity index (χ1) is 11.3. The highest BCUT2D eigenvalue weighted by Crippen LogP contribution is 2.22. The fourth-order valence-corrected chi connectivity index (χ4v) is 2.64. The molecule has 0 bridgehead atoms. The second-order valence-electron chi connectivity index (χ2n) is 5.17. The van der Waals surface area contributed by atoms with Crippen LogP contribution in [-0.4, -0.2) is 23.3 Å². The van der Waals surface area contributed by atoms with Gasteiger partial charge in [0.05, 0.1) is 0 Å². The van der Waals surface area contributed by atoms with Crippen molar-refractivity contribution in [2.75, 3.05) is 11.9 Å². The number of carbonyl (C=O) groups is 2. The molecule has 2 aromatic carbocycles. The maximum atomic E-state index is 13.7. The summed E-state index contributed by atoms with van der Waals surface area (Å²) in [5, 5.41) is 3.38. The molecule has 0 saturated carbocycles. The summed E-state index contributed by atoms with van der Waals surface area (Å²) in [6, 6.07) is 10.7. The fourth-order valence-electron chi connectivity index (χ4n) is 2.11. The highest BCUT2D eigenvalue weighted by atomic mass is 35.5. The number of rotatable bonds is 5. The molecule has 24 heavy (non-hydrogen) atoms. The summed E-state index contributed by atoms with van der Waals surface area (Å²) < 4.78 is 13.7. The molecule has 126 valence electrons. The number of amides is 2. The van der Waals surface area contributed by atoms with Gasteiger partial charge in [-0.1, -0.05) is 41.4 Å². The van der Waals surface area contributed by atoms with Gasteiger partial charge in [0.25, 0.3) is 0 Å². The molecule has 0 fully saturated rings. The van der Waals surface area contributed by atoms with Crippen molar-refractivity contribution in [2.24, 2.45) is 0 Å². The Morgan fingerprint density at radius 1 is 1.12 bits per heavy atom. The Hall–Kier alpha value is -2.11. The maximum Gasteiger partial charge on any atom is 0.244 e. The molecule has 2 amide bonds. The van der Waals surface area contributed by atoms with E-state index in [0.717, 1.165) is 0 Å². The van der Waals surface area contributed by atoms with Crippen molar-refractivity contribution < 1.29 is 14.0 Å². The van der Waals surface area contributed by atoms with Gasteiger partial charge in [-0.15, -0.1) is 0 Å². The molecule has 0 aromatic heterocycles. The molecule has 0 heterocycles. The van der Waals surface area contributed by atoms with Crippen LogP contribution in [0.25, 0.3) is 0 Å². The number of anilines is 1. The first-order valence-electron chi connectivity index (χ1n) is 7.10. The molecule has 0 spiro atoms. The number of benzene rings is 2. The topological polar surface area (TPSA) is 49.4 Å². The summed E-state index contributed by atoms with van der Waals surface area (Å²) in [6.07, 6.45) is 0. The molecule has 0 saturated heterocycles. The Balaban J connectivity index is 2.06. The SMILES string of the molecule is CC(=O)N(CC(=O)Nc1cc(Cl)cc(Cl)c1)Cc1ccccc1F. The van der Waals surface area contributed by atoms with E-state index in [2.05, 4.69) is 5.32 Å². The van der Waals surface area contributed by atoms with Crippen LogP contribution in [0.15, 0.2) is 42.5 Å². The summed E-state index contributed by atoms with van der Waals surface area (Å²) >= 11 is 11.7. The first-order valence-corrected chi connectivity index (χ1v) is 7.85. The fraction of sp³-hybridized carbons (Fsp3) is 0.176. The van der Waals surface area contributed by atoms with Crippen molar-refractivity contribution in [1.82, 2.24) is 4.90 Å². The number of hydrogen-bond acceptors (Lipinski definition) is 2. The van der Waals surface area contributed by atoms with E-state index in [-0.39, 0.29) is 19.0 Å². The molecular formula is C17H15Cl2FN2O2.